The van der Waals surface area contributed by atoms with Crippen molar-refractivity contribution in [1.29, 1.82) is 0 Å². The van der Waals surface area contributed by atoms with Crippen molar-refractivity contribution < 1.29 is 14.2 Å². The van der Waals surface area contributed by atoms with Crippen LogP contribution >= 0.6 is 22.6 Å². The van der Waals surface area contributed by atoms with Gasteiger partial charge in [-0.05, 0) is 34.2 Å². The van der Waals surface area contributed by atoms with Gasteiger partial charge in [0.25, 0.3) is 0 Å². The molecule has 0 aliphatic rings. The number of hydrogen-bond donors (Lipinski definition) is 1. The van der Waals surface area contributed by atoms with E-state index in [4.69, 9.17) is 27.8 Å². The lowest BCUT2D eigenvalue weighted by atomic mass is 10.0. The van der Waals surface area contributed by atoms with Gasteiger partial charge in [0.2, 0.25) is 11.7 Å². The third-order valence-corrected chi connectivity index (χ3v) is 4.88. The Morgan fingerprint density at radius 2 is 1.88 bits per heavy atom. The number of nitrogen functional groups attached to an aromatic ring is 1. The Kier molecular flexibility index (Phi) is 4.88. The molecular formula is C15H15BIN5O3. The van der Waals surface area contributed by atoms with Crippen LogP contribution < -0.4 is 25.5 Å². The fraction of sp³-hybridized carbons (Fsp3) is 0.267. The lowest BCUT2D eigenvalue weighted by molar-refractivity contribution is 0.322. The summed E-state index contributed by atoms with van der Waals surface area (Å²) in [5, 5.41) is 0. The molecule has 0 saturated carbocycles. The molecule has 2 heterocycles. The number of halogens is 1. The molecular weight excluding hydrogens is 436 g/mol. The first kappa shape index (κ1) is 17.6. The van der Waals surface area contributed by atoms with Crippen LogP contribution in [-0.2, 0) is 6.54 Å². The summed E-state index contributed by atoms with van der Waals surface area (Å²) in [7, 11) is 10.6. The fourth-order valence-electron chi connectivity index (χ4n) is 2.57. The number of hydrogen-bond acceptors (Lipinski definition) is 7. The Labute approximate surface area is 159 Å². The van der Waals surface area contributed by atoms with Gasteiger partial charge in [0, 0.05) is 5.59 Å². The molecule has 0 bridgehead atoms. The third-order valence-electron chi connectivity index (χ3n) is 3.69. The van der Waals surface area contributed by atoms with Crippen molar-refractivity contribution in [2.45, 2.75) is 6.54 Å². The van der Waals surface area contributed by atoms with E-state index in [9.17, 15) is 0 Å². The number of nitrogens with two attached hydrogens (primary N) is 1. The first-order valence-corrected chi connectivity index (χ1v) is 8.29. The smallest absolute Gasteiger partial charge is 0.221 e. The number of aromatic nitrogens is 4. The molecule has 1 aromatic carbocycles. The molecule has 0 unspecified atom stereocenters. The largest absolute Gasteiger partial charge is 0.493 e. The van der Waals surface area contributed by atoms with E-state index in [1.807, 2.05) is 10.6 Å². The van der Waals surface area contributed by atoms with Crippen LogP contribution in [0.25, 0.3) is 11.2 Å². The number of imidazole rings is 1. The number of benzene rings is 1. The van der Waals surface area contributed by atoms with Crippen LogP contribution in [0.1, 0.15) is 5.56 Å². The zero-order valence-electron chi connectivity index (χ0n) is 13.9. The zero-order chi connectivity index (χ0) is 18.1. The Morgan fingerprint density at radius 3 is 2.52 bits per heavy atom. The second-order valence-corrected chi connectivity index (χ2v) is 6.21. The summed E-state index contributed by atoms with van der Waals surface area (Å²) in [5.74, 6) is 1.83. The van der Waals surface area contributed by atoms with Crippen LogP contribution in [0.15, 0.2) is 12.4 Å². The molecule has 8 nitrogen and oxygen atoms in total. The van der Waals surface area contributed by atoms with Gasteiger partial charge in [0.15, 0.2) is 17.1 Å². The number of methoxy groups -OCH3 is 3. The molecule has 3 aromatic rings. The summed E-state index contributed by atoms with van der Waals surface area (Å²) in [4.78, 5) is 12.4. The monoisotopic (exact) mass is 451 g/mol. The first-order valence-electron chi connectivity index (χ1n) is 7.21. The molecule has 10 heteroatoms. The van der Waals surface area contributed by atoms with E-state index >= 15 is 0 Å². The summed E-state index contributed by atoms with van der Waals surface area (Å²) >= 11 is 2.21. The van der Waals surface area contributed by atoms with E-state index in [1.165, 1.54) is 0 Å². The summed E-state index contributed by atoms with van der Waals surface area (Å²) in [6.45, 7) is 0.474. The predicted molar refractivity (Wildman–Crippen MR) is 103 cm³/mol. The van der Waals surface area contributed by atoms with Crippen LogP contribution in [-0.4, -0.2) is 48.7 Å². The lowest BCUT2D eigenvalue weighted by Crippen LogP contribution is -2.15. The van der Waals surface area contributed by atoms with Gasteiger partial charge in [0.05, 0.1) is 37.8 Å². The average molecular weight is 451 g/mol. The van der Waals surface area contributed by atoms with Crippen molar-refractivity contribution in [2.24, 2.45) is 0 Å². The maximum absolute atomic E-state index is 5.86. The fourth-order valence-corrected chi connectivity index (χ4v) is 3.36. The number of rotatable bonds is 5. The van der Waals surface area contributed by atoms with Crippen molar-refractivity contribution in [3.63, 3.8) is 0 Å². The van der Waals surface area contributed by atoms with Gasteiger partial charge in [-0.15, -0.1) is 0 Å². The van der Waals surface area contributed by atoms with Crippen LogP contribution in [0.3, 0.4) is 0 Å². The Hall–Kier alpha value is -2.24. The molecule has 2 N–H and O–H groups in total. The molecule has 0 spiro atoms. The van der Waals surface area contributed by atoms with Crippen molar-refractivity contribution in [3.05, 3.63) is 21.5 Å². The highest BCUT2D eigenvalue weighted by Gasteiger charge is 2.20. The van der Waals surface area contributed by atoms with Gasteiger partial charge in [-0.3, -0.25) is 0 Å². The van der Waals surface area contributed by atoms with Gasteiger partial charge in [-0.25, -0.2) is 9.97 Å². The molecule has 25 heavy (non-hydrogen) atoms. The maximum Gasteiger partial charge on any atom is 0.221 e. The predicted octanol–water partition coefficient (Wildman–Crippen LogP) is 0.881. The van der Waals surface area contributed by atoms with Gasteiger partial charge < -0.3 is 24.5 Å². The van der Waals surface area contributed by atoms with Crippen LogP contribution in [0.4, 0.5) is 5.95 Å². The number of nitrogens with zero attached hydrogens (tertiary/aromatic N) is 4. The highest BCUT2D eigenvalue weighted by molar-refractivity contribution is 14.1. The van der Waals surface area contributed by atoms with Crippen molar-refractivity contribution in [3.8, 4) is 17.2 Å². The van der Waals surface area contributed by atoms with Gasteiger partial charge in [-0.2, -0.15) is 4.98 Å². The summed E-state index contributed by atoms with van der Waals surface area (Å²) in [6, 6.07) is 1.89. The second kappa shape index (κ2) is 6.94. The minimum Gasteiger partial charge on any atom is -0.493 e. The summed E-state index contributed by atoms with van der Waals surface area (Å²) < 4.78 is 19.1. The van der Waals surface area contributed by atoms with E-state index in [0.717, 1.165) is 9.13 Å². The van der Waals surface area contributed by atoms with Crippen LogP contribution in [0.2, 0.25) is 0 Å². The highest BCUT2D eigenvalue weighted by atomic mass is 127. The molecule has 0 fully saturated rings. The zero-order valence-corrected chi connectivity index (χ0v) is 16.1. The number of ether oxygens (including phenoxy) is 3. The van der Waals surface area contributed by atoms with Crippen LogP contribution in [0.5, 0.6) is 17.2 Å². The van der Waals surface area contributed by atoms with E-state index in [2.05, 4.69) is 37.5 Å². The van der Waals surface area contributed by atoms with Gasteiger partial charge >= 0.3 is 0 Å². The van der Waals surface area contributed by atoms with E-state index in [1.54, 1.807) is 27.7 Å². The van der Waals surface area contributed by atoms with Crippen molar-refractivity contribution in [2.75, 3.05) is 27.1 Å². The molecule has 0 amide bonds. The molecule has 3 rings (SSSR count). The molecule has 0 aliphatic heterocycles. The molecule has 128 valence electrons. The summed E-state index contributed by atoms with van der Waals surface area (Å²) in [5.41, 5.74) is 7.98. The molecule has 2 radical (unpaired) electrons. The topological polar surface area (TPSA) is 97.3 Å². The van der Waals surface area contributed by atoms with Crippen LogP contribution in [0, 0.1) is 3.57 Å². The minimum atomic E-state index is 0.103. The van der Waals surface area contributed by atoms with Gasteiger partial charge in [-0.1, -0.05) is 0 Å². The molecule has 2 aromatic heterocycles. The molecule has 0 aliphatic carbocycles. The molecule has 0 saturated heterocycles. The second-order valence-electron chi connectivity index (χ2n) is 5.13. The Morgan fingerprint density at radius 1 is 1.16 bits per heavy atom. The lowest BCUT2D eigenvalue weighted by Gasteiger charge is -2.17. The Balaban J connectivity index is 2.12. The first-order chi connectivity index (χ1) is 12.0. The maximum atomic E-state index is 5.86. The minimum absolute atomic E-state index is 0.103. The number of fused-ring (bicyclic) bond motifs is 1. The van der Waals surface area contributed by atoms with Gasteiger partial charge in [0.1, 0.15) is 13.4 Å². The molecule has 0 atom stereocenters. The quantitative estimate of drug-likeness (QED) is 0.455. The van der Waals surface area contributed by atoms with Crippen molar-refractivity contribution in [1.82, 2.24) is 19.5 Å². The van der Waals surface area contributed by atoms with E-state index < -0.39 is 0 Å². The number of anilines is 1. The average Bonchev–Trinajstić information content (AvgIpc) is 2.99. The van der Waals surface area contributed by atoms with Crippen molar-refractivity contribution >= 4 is 53.1 Å². The SMILES string of the molecule is [B]c1nc(N)nc2c1ncn2Cc1cc(OC)c(OC)c(OC)c1I. The highest BCUT2D eigenvalue weighted by Crippen LogP contribution is 2.42. The van der Waals surface area contributed by atoms with E-state index in [-0.39, 0.29) is 11.5 Å². The Bertz CT molecular complexity index is 947. The third kappa shape index (κ3) is 3.05. The summed E-state index contributed by atoms with van der Waals surface area (Å²) in [6.07, 6.45) is 1.65. The van der Waals surface area contributed by atoms with E-state index in [0.29, 0.717) is 35.0 Å². The standard InChI is InChI=1S/C15H15BIN5O3/c1-23-8-4-7(9(17)12(25-3)11(8)24-2)5-22-6-19-10-13(16)20-15(18)21-14(10)22/h4,6H,5H2,1-3H3,(H2,18,20,21). The normalized spacial score (nSPS) is 10.9.